The molecule has 1 aliphatic carbocycles. The molecule has 22 heavy (non-hydrogen) atoms. The summed E-state index contributed by atoms with van der Waals surface area (Å²) < 4.78 is 11.7. The summed E-state index contributed by atoms with van der Waals surface area (Å²) in [5, 5.41) is 12.4. The second-order valence-corrected chi connectivity index (χ2v) is 11.8. The van der Waals surface area contributed by atoms with E-state index in [1.165, 1.54) is 0 Å². The van der Waals surface area contributed by atoms with Gasteiger partial charge in [0.25, 0.3) is 0 Å². The Morgan fingerprint density at radius 3 is 2.77 bits per heavy atom. The Hall–Kier alpha value is -1.27. The number of furan rings is 1. The Morgan fingerprint density at radius 2 is 2.14 bits per heavy atom. The smallest absolute Gasteiger partial charge is 0.226 e. The van der Waals surface area contributed by atoms with E-state index in [0.29, 0.717) is 10.6 Å². The van der Waals surface area contributed by atoms with Crippen LogP contribution in [0.4, 0.5) is 0 Å². The van der Waals surface area contributed by atoms with Crippen LogP contribution in [0.3, 0.4) is 0 Å². The Balaban J connectivity index is 2.05. The second kappa shape index (κ2) is 5.42. The second-order valence-electron chi connectivity index (χ2n) is 7.40. The number of nitrogens with zero attached hydrogens (tertiary/aromatic N) is 1. The van der Waals surface area contributed by atoms with Crippen molar-refractivity contribution in [2.45, 2.75) is 64.0 Å². The van der Waals surface area contributed by atoms with E-state index in [-0.39, 0.29) is 11.8 Å². The van der Waals surface area contributed by atoms with Crippen molar-refractivity contribution in [2.24, 2.45) is 5.92 Å². The lowest BCUT2D eigenvalue weighted by molar-refractivity contribution is -0.791. The largest absolute Gasteiger partial charge is 0.472 e. The maximum absolute atomic E-state index is 12.4. The van der Waals surface area contributed by atoms with Gasteiger partial charge in [0.05, 0.1) is 18.4 Å². The molecular formula is C16H25NO4Si. The van der Waals surface area contributed by atoms with Gasteiger partial charge < -0.3 is 13.7 Å². The van der Waals surface area contributed by atoms with Crippen LogP contribution >= 0.6 is 0 Å². The molecule has 0 bridgehead atoms. The molecule has 1 aromatic rings. The molecule has 1 fully saturated rings. The average Bonchev–Trinajstić information content (AvgIpc) is 2.92. The van der Waals surface area contributed by atoms with Crippen molar-refractivity contribution in [3.8, 4) is 0 Å². The van der Waals surface area contributed by atoms with E-state index in [0.717, 1.165) is 31.2 Å². The Bertz CT molecular complexity index is 563. The van der Waals surface area contributed by atoms with Crippen LogP contribution in [0, 0.1) is 11.1 Å². The van der Waals surface area contributed by atoms with Crippen LogP contribution in [0.1, 0.15) is 44.1 Å². The minimum absolute atomic E-state index is 0.00153. The van der Waals surface area contributed by atoms with E-state index in [2.05, 4.69) is 19.6 Å². The van der Waals surface area contributed by atoms with E-state index < -0.39 is 14.1 Å². The summed E-state index contributed by atoms with van der Waals surface area (Å²) in [5.41, 5.74) is 1.72. The molecule has 3 rings (SSSR count). The van der Waals surface area contributed by atoms with Gasteiger partial charge in [-0.05, 0) is 45.0 Å². The van der Waals surface area contributed by atoms with Gasteiger partial charge in [-0.2, -0.15) is 0 Å². The van der Waals surface area contributed by atoms with Gasteiger partial charge in [-0.25, -0.2) is 0 Å². The summed E-state index contributed by atoms with van der Waals surface area (Å²) in [5.74, 6) is -0.622. The van der Waals surface area contributed by atoms with Crippen molar-refractivity contribution in [1.82, 2.24) is 0 Å². The molecule has 1 aliphatic heterocycles. The maximum atomic E-state index is 12.4. The van der Waals surface area contributed by atoms with E-state index in [9.17, 15) is 5.21 Å². The van der Waals surface area contributed by atoms with Crippen LogP contribution in [0.2, 0.25) is 19.6 Å². The third-order valence-electron chi connectivity index (χ3n) is 4.61. The molecular weight excluding hydrogens is 298 g/mol. The summed E-state index contributed by atoms with van der Waals surface area (Å²) in [4.78, 5) is 6.50. The van der Waals surface area contributed by atoms with Crippen molar-refractivity contribution in [3.63, 3.8) is 0 Å². The first-order chi connectivity index (χ1) is 10.3. The van der Waals surface area contributed by atoms with E-state index in [4.69, 9.17) is 13.7 Å². The van der Waals surface area contributed by atoms with Gasteiger partial charge in [0, 0.05) is 23.3 Å². The van der Waals surface area contributed by atoms with Crippen molar-refractivity contribution in [3.05, 3.63) is 29.4 Å². The average molecular weight is 323 g/mol. The molecule has 0 saturated heterocycles. The van der Waals surface area contributed by atoms with Gasteiger partial charge in [0.15, 0.2) is 14.1 Å². The fraction of sp³-hybridized carbons (Fsp3) is 0.688. The van der Waals surface area contributed by atoms with Gasteiger partial charge in [0.1, 0.15) is 0 Å². The molecule has 5 nitrogen and oxygen atoms in total. The predicted octanol–water partition coefficient (Wildman–Crippen LogP) is 4.02. The highest BCUT2D eigenvalue weighted by atomic mass is 28.4. The molecule has 1 saturated carbocycles. The highest BCUT2D eigenvalue weighted by Crippen LogP contribution is 2.49. The molecule has 3 atom stereocenters. The lowest BCUT2D eigenvalue weighted by atomic mass is 9.71. The van der Waals surface area contributed by atoms with Crippen molar-refractivity contribution >= 4 is 14.0 Å². The Morgan fingerprint density at radius 1 is 1.36 bits per heavy atom. The normalized spacial score (nSPS) is 32.5. The molecule has 2 heterocycles. The first-order valence-electron chi connectivity index (χ1n) is 8.04. The SMILES string of the molecule is CC1=[N+]([O-])O[C@@]2(O[Si](C)(C)C)CCCC[C@@H]2[C@H]1c1ccoc1. The molecule has 0 spiro atoms. The van der Waals surface area contributed by atoms with E-state index in [1.807, 2.05) is 13.0 Å². The van der Waals surface area contributed by atoms with Gasteiger partial charge in [-0.15, -0.1) is 0 Å². The lowest BCUT2D eigenvalue weighted by Crippen LogP contribution is -2.58. The topological polar surface area (TPSA) is 57.7 Å². The highest BCUT2D eigenvalue weighted by Gasteiger charge is 2.54. The molecule has 0 unspecified atom stereocenters. The third-order valence-corrected chi connectivity index (χ3v) is 5.57. The summed E-state index contributed by atoms with van der Waals surface area (Å²) in [7, 11) is -1.85. The van der Waals surface area contributed by atoms with Gasteiger partial charge in [-0.1, -0.05) is 6.42 Å². The van der Waals surface area contributed by atoms with Crippen LogP contribution in [0.25, 0.3) is 0 Å². The van der Waals surface area contributed by atoms with Crippen LogP contribution in [-0.4, -0.2) is 24.7 Å². The van der Waals surface area contributed by atoms with Crippen LogP contribution in [0.5, 0.6) is 0 Å². The van der Waals surface area contributed by atoms with Crippen LogP contribution in [0.15, 0.2) is 23.0 Å². The van der Waals surface area contributed by atoms with Crippen molar-refractivity contribution in [1.29, 1.82) is 0 Å². The quantitative estimate of drug-likeness (QED) is 0.623. The van der Waals surface area contributed by atoms with Gasteiger partial charge in [0.2, 0.25) is 5.71 Å². The summed E-state index contributed by atoms with van der Waals surface area (Å²) in [6.45, 7) is 8.27. The molecule has 0 N–H and O–H groups in total. The highest BCUT2D eigenvalue weighted by molar-refractivity contribution is 6.69. The zero-order valence-electron chi connectivity index (χ0n) is 13.8. The van der Waals surface area contributed by atoms with Gasteiger partial charge >= 0.3 is 0 Å². The molecule has 6 heteroatoms. The molecule has 0 aromatic carbocycles. The Labute approximate surface area is 132 Å². The summed E-state index contributed by atoms with van der Waals surface area (Å²) >= 11 is 0. The van der Waals surface area contributed by atoms with Crippen molar-refractivity contribution in [2.75, 3.05) is 0 Å². The minimum Gasteiger partial charge on any atom is -0.472 e. The van der Waals surface area contributed by atoms with Crippen molar-refractivity contribution < 1.29 is 18.6 Å². The third kappa shape index (κ3) is 2.70. The Kier molecular flexibility index (Phi) is 3.85. The minimum atomic E-state index is -1.85. The van der Waals surface area contributed by atoms with E-state index >= 15 is 0 Å². The number of hydrogen-bond acceptors (Lipinski definition) is 4. The fourth-order valence-electron chi connectivity index (χ4n) is 3.88. The summed E-state index contributed by atoms with van der Waals surface area (Å²) in [6.07, 6.45) is 7.36. The first kappa shape index (κ1) is 15.6. The molecule has 0 radical (unpaired) electrons. The molecule has 122 valence electrons. The molecule has 2 aliphatic rings. The fourth-order valence-corrected chi connectivity index (χ4v) is 5.21. The van der Waals surface area contributed by atoms with Crippen LogP contribution in [-0.2, 0) is 9.26 Å². The van der Waals surface area contributed by atoms with Gasteiger partial charge in [-0.3, -0.25) is 5.21 Å². The first-order valence-corrected chi connectivity index (χ1v) is 11.5. The molecule has 0 amide bonds. The number of fused-ring (bicyclic) bond motifs is 1. The van der Waals surface area contributed by atoms with E-state index in [1.54, 1.807) is 12.5 Å². The zero-order chi connectivity index (χ0) is 16.0. The number of hydrogen-bond donors (Lipinski definition) is 0. The number of rotatable bonds is 3. The van der Waals surface area contributed by atoms with Crippen LogP contribution < -0.4 is 0 Å². The lowest BCUT2D eigenvalue weighted by Gasteiger charge is -2.52. The summed E-state index contributed by atoms with van der Waals surface area (Å²) in [6, 6.07) is 1.95. The predicted molar refractivity (Wildman–Crippen MR) is 86.0 cm³/mol. The maximum Gasteiger partial charge on any atom is 0.226 e. The molecule has 1 aromatic heterocycles. The standard InChI is InChI=1S/C16H25NO4Si/c1-12-15(13-8-10-19-11-13)14-7-5-6-9-16(14,20-17(12)18)21-22(2,3)4/h8,10-11,14-15H,5-7,9H2,1-4H3/t14-,15-,16-/m1/s1. The monoisotopic (exact) mass is 323 g/mol. The zero-order valence-corrected chi connectivity index (χ0v) is 14.8.